The molecule has 0 aliphatic heterocycles. The molecule has 0 aliphatic rings. The summed E-state index contributed by atoms with van der Waals surface area (Å²) in [6.07, 6.45) is 2.17. The molecular weight excluding hydrogens is 206 g/mol. The third kappa shape index (κ3) is 1.72. The van der Waals surface area contributed by atoms with Crippen molar-refractivity contribution in [2.45, 2.75) is 0 Å². The Kier molecular flexibility index (Phi) is 2.55. The van der Waals surface area contributed by atoms with Crippen molar-refractivity contribution in [3.05, 3.63) is 42.2 Å². The number of aromatic hydroxyl groups is 2. The minimum absolute atomic E-state index is 0.194. The van der Waals surface area contributed by atoms with E-state index in [1.165, 1.54) is 18.3 Å². The zero-order chi connectivity index (χ0) is 11.5. The highest BCUT2D eigenvalue weighted by atomic mass is 16.3. The third-order valence-corrected chi connectivity index (χ3v) is 2.24. The molecule has 0 atom stereocenters. The van der Waals surface area contributed by atoms with E-state index in [4.69, 9.17) is 0 Å². The van der Waals surface area contributed by atoms with Gasteiger partial charge in [-0.05, 0) is 23.8 Å². The van der Waals surface area contributed by atoms with E-state index >= 15 is 0 Å². The summed E-state index contributed by atoms with van der Waals surface area (Å²) < 4.78 is 0. The van der Waals surface area contributed by atoms with Crippen molar-refractivity contribution in [1.29, 1.82) is 0 Å². The van der Waals surface area contributed by atoms with E-state index in [2.05, 4.69) is 4.98 Å². The zero-order valence-electron chi connectivity index (χ0n) is 8.29. The largest absolute Gasteiger partial charge is 0.504 e. The Morgan fingerprint density at radius 2 is 1.94 bits per heavy atom. The van der Waals surface area contributed by atoms with Gasteiger partial charge in [0.25, 0.3) is 0 Å². The van der Waals surface area contributed by atoms with Crippen LogP contribution in [-0.2, 0) is 0 Å². The SMILES string of the molecule is O=Cc1ncccc1-c1ccc(O)c(O)c1. The van der Waals surface area contributed by atoms with Gasteiger partial charge in [-0.25, -0.2) is 0 Å². The molecule has 16 heavy (non-hydrogen) atoms. The summed E-state index contributed by atoms with van der Waals surface area (Å²) >= 11 is 0. The molecule has 0 aliphatic carbocycles. The maximum atomic E-state index is 10.8. The highest BCUT2D eigenvalue weighted by Gasteiger charge is 2.07. The first-order valence-corrected chi connectivity index (χ1v) is 4.65. The molecule has 2 N–H and O–H groups in total. The van der Waals surface area contributed by atoms with Crippen molar-refractivity contribution < 1.29 is 15.0 Å². The predicted octanol–water partition coefficient (Wildman–Crippen LogP) is 1.97. The van der Waals surface area contributed by atoms with Crippen LogP contribution in [0.2, 0.25) is 0 Å². The lowest BCUT2D eigenvalue weighted by molar-refractivity contribution is 0.111. The molecule has 0 spiro atoms. The molecule has 1 aromatic heterocycles. The first-order valence-electron chi connectivity index (χ1n) is 4.65. The standard InChI is InChI=1S/C12H9NO3/c14-7-10-9(2-1-5-13-10)8-3-4-11(15)12(16)6-8/h1-7,15-16H. The molecule has 0 saturated heterocycles. The smallest absolute Gasteiger partial charge is 0.169 e. The van der Waals surface area contributed by atoms with Crippen LogP contribution in [0.15, 0.2) is 36.5 Å². The summed E-state index contributed by atoms with van der Waals surface area (Å²) in [5.41, 5.74) is 1.55. The first-order chi connectivity index (χ1) is 7.72. The Bertz CT molecular complexity index is 538. The van der Waals surface area contributed by atoms with Gasteiger partial charge in [0.1, 0.15) is 5.69 Å². The second kappa shape index (κ2) is 4.02. The molecule has 1 heterocycles. The second-order valence-electron chi connectivity index (χ2n) is 3.26. The average Bonchev–Trinajstić information content (AvgIpc) is 2.32. The molecule has 0 fully saturated rings. The fourth-order valence-electron chi connectivity index (χ4n) is 1.45. The molecule has 0 amide bonds. The van der Waals surface area contributed by atoms with Crippen LogP contribution in [0.5, 0.6) is 11.5 Å². The van der Waals surface area contributed by atoms with Crippen molar-refractivity contribution in [3.63, 3.8) is 0 Å². The van der Waals surface area contributed by atoms with E-state index in [0.29, 0.717) is 23.1 Å². The molecule has 0 saturated carbocycles. The van der Waals surface area contributed by atoms with Crippen LogP contribution in [0, 0.1) is 0 Å². The van der Waals surface area contributed by atoms with Crippen molar-refractivity contribution in [3.8, 4) is 22.6 Å². The predicted molar refractivity (Wildman–Crippen MR) is 58.4 cm³/mol. The van der Waals surface area contributed by atoms with Crippen LogP contribution in [0.1, 0.15) is 10.5 Å². The molecular formula is C12H9NO3. The molecule has 4 heteroatoms. The number of phenols is 2. The van der Waals surface area contributed by atoms with Gasteiger partial charge in [0.15, 0.2) is 17.8 Å². The van der Waals surface area contributed by atoms with Crippen LogP contribution in [0.25, 0.3) is 11.1 Å². The van der Waals surface area contributed by atoms with Crippen molar-refractivity contribution in [2.75, 3.05) is 0 Å². The van der Waals surface area contributed by atoms with Crippen molar-refractivity contribution in [2.24, 2.45) is 0 Å². The zero-order valence-corrected chi connectivity index (χ0v) is 8.29. The number of hydrogen-bond acceptors (Lipinski definition) is 4. The maximum absolute atomic E-state index is 10.8. The number of carbonyl (C=O) groups is 1. The van der Waals surface area contributed by atoms with Gasteiger partial charge in [-0.1, -0.05) is 12.1 Å². The summed E-state index contributed by atoms with van der Waals surface area (Å²) in [5.74, 6) is -0.418. The number of aromatic nitrogens is 1. The number of aldehydes is 1. The van der Waals surface area contributed by atoms with Gasteiger partial charge in [-0.3, -0.25) is 9.78 Å². The van der Waals surface area contributed by atoms with Crippen LogP contribution >= 0.6 is 0 Å². The van der Waals surface area contributed by atoms with E-state index in [1.807, 2.05) is 0 Å². The number of hydrogen-bond donors (Lipinski definition) is 2. The first kappa shape index (κ1) is 10.2. The quantitative estimate of drug-likeness (QED) is 0.593. The van der Waals surface area contributed by atoms with E-state index in [0.717, 1.165) is 0 Å². The lowest BCUT2D eigenvalue weighted by atomic mass is 10.0. The number of phenolic OH excluding ortho intramolecular Hbond substituents is 2. The fraction of sp³-hybridized carbons (Fsp3) is 0. The van der Waals surface area contributed by atoms with E-state index < -0.39 is 0 Å². The minimum atomic E-state index is -0.224. The fourth-order valence-corrected chi connectivity index (χ4v) is 1.45. The number of carbonyl (C=O) groups excluding carboxylic acids is 1. The Morgan fingerprint density at radius 1 is 1.12 bits per heavy atom. The Balaban J connectivity index is 2.58. The summed E-state index contributed by atoms with van der Waals surface area (Å²) in [4.78, 5) is 14.7. The number of benzene rings is 1. The lowest BCUT2D eigenvalue weighted by Crippen LogP contribution is -1.90. The van der Waals surface area contributed by atoms with Gasteiger partial charge in [-0.2, -0.15) is 0 Å². The molecule has 4 nitrogen and oxygen atoms in total. The number of nitrogens with zero attached hydrogens (tertiary/aromatic N) is 1. The monoisotopic (exact) mass is 215 g/mol. The molecule has 2 aromatic rings. The summed E-state index contributed by atoms with van der Waals surface area (Å²) in [7, 11) is 0. The van der Waals surface area contributed by atoms with Gasteiger partial charge in [0.05, 0.1) is 0 Å². The Hall–Kier alpha value is -2.36. The van der Waals surface area contributed by atoms with Gasteiger partial charge in [0.2, 0.25) is 0 Å². The average molecular weight is 215 g/mol. The van der Waals surface area contributed by atoms with Crippen LogP contribution in [-0.4, -0.2) is 21.5 Å². The number of rotatable bonds is 2. The summed E-state index contributed by atoms with van der Waals surface area (Å²) in [6, 6.07) is 7.79. The maximum Gasteiger partial charge on any atom is 0.169 e. The van der Waals surface area contributed by atoms with E-state index in [1.54, 1.807) is 18.2 Å². The normalized spacial score (nSPS) is 10.0. The molecule has 80 valence electrons. The van der Waals surface area contributed by atoms with E-state index in [-0.39, 0.29) is 11.5 Å². The molecule has 0 bridgehead atoms. The van der Waals surface area contributed by atoms with Gasteiger partial charge in [0, 0.05) is 11.8 Å². The second-order valence-corrected chi connectivity index (χ2v) is 3.26. The van der Waals surface area contributed by atoms with Crippen LogP contribution in [0.4, 0.5) is 0 Å². The Morgan fingerprint density at radius 3 is 2.62 bits per heavy atom. The highest BCUT2D eigenvalue weighted by Crippen LogP contribution is 2.31. The number of pyridine rings is 1. The van der Waals surface area contributed by atoms with E-state index in [9.17, 15) is 15.0 Å². The topological polar surface area (TPSA) is 70.4 Å². The third-order valence-electron chi connectivity index (χ3n) is 2.24. The highest BCUT2D eigenvalue weighted by molar-refractivity contribution is 5.85. The van der Waals surface area contributed by atoms with Gasteiger partial charge in [-0.15, -0.1) is 0 Å². The molecule has 0 radical (unpaired) electrons. The molecule has 2 rings (SSSR count). The molecule has 1 aromatic carbocycles. The summed E-state index contributed by atoms with van der Waals surface area (Å²) in [6.45, 7) is 0. The lowest BCUT2D eigenvalue weighted by Gasteiger charge is -2.05. The van der Waals surface area contributed by atoms with Crippen LogP contribution in [0.3, 0.4) is 0 Å². The Labute approximate surface area is 91.8 Å². The summed E-state index contributed by atoms with van der Waals surface area (Å²) in [5, 5.41) is 18.5. The molecule has 0 unspecified atom stereocenters. The van der Waals surface area contributed by atoms with Crippen LogP contribution < -0.4 is 0 Å². The van der Waals surface area contributed by atoms with Gasteiger partial charge >= 0.3 is 0 Å². The minimum Gasteiger partial charge on any atom is -0.504 e. The van der Waals surface area contributed by atoms with Crippen molar-refractivity contribution >= 4 is 6.29 Å². The van der Waals surface area contributed by atoms with Gasteiger partial charge < -0.3 is 10.2 Å². The van der Waals surface area contributed by atoms with Crippen molar-refractivity contribution in [1.82, 2.24) is 4.98 Å².